The first kappa shape index (κ1) is 22.3. The van der Waals surface area contributed by atoms with Crippen LogP contribution in [0.2, 0.25) is 10.0 Å². The number of imide groups is 1. The monoisotopic (exact) mass is 484 g/mol. The first-order valence-corrected chi connectivity index (χ1v) is 11.4. The van der Waals surface area contributed by atoms with Crippen molar-refractivity contribution in [1.29, 1.82) is 0 Å². The molecule has 0 saturated carbocycles. The van der Waals surface area contributed by atoms with Gasteiger partial charge in [0.2, 0.25) is 0 Å². The third-order valence-corrected chi connectivity index (χ3v) is 6.52. The molecule has 1 aliphatic heterocycles. The summed E-state index contributed by atoms with van der Waals surface area (Å²) in [5, 5.41) is 3.51. The second-order valence-electron chi connectivity index (χ2n) is 6.69. The molecular formula is C24H18Cl2N2O3S. The smallest absolute Gasteiger partial charge is 0.283 e. The number of benzene rings is 3. The Morgan fingerprint density at radius 1 is 0.906 bits per heavy atom. The third-order valence-electron chi connectivity index (χ3n) is 4.62. The van der Waals surface area contributed by atoms with Gasteiger partial charge >= 0.3 is 0 Å². The van der Waals surface area contributed by atoms with E-state index in [2.05, 4.69) is 5.32 Å². The van der Waals surface area contributed by atoms with E-state index in [1.165, 1.54) is 11.8 Å². The van der Waals surface area contributed by atoms with E-state index in [4.69, 9.17) is 27.9 Å². The maximum absolute atomic E-state index is 13.5. The highest BCUT2D eigenvalue weighted by molar-refractivity contribution is 8.04. The van der Waals surface area contributed by atoms with Crippen molar-refractivity contribution in [3.05, 3.63) is 93.4 Å². The van der Waals surface area contributed by atoms with E-state index < -0.39 is 11.8 Å². The van der Waals surface area contributed by atoms with Gasteiger partial charge in [-0.05, 0) is 43.3 Å². The Bertz CT molecular complexity index is 1210. The fraction of sp³-hybridized carbons (Fsp3) is 0.0833. The molecule has 1 N–H and O–H groups in total. The molecule has 0 bridgehead atoms. The zero-order valence-electron chi connectivity index (χ0n) is 17.0. The minimum atomic E-state index is -0.524. The van der Waals surface area contributed by atoms with Crippen molar-refractivity contribution in [3.8, 4) is 5.75 Å². The number of ether oxygens (including phenoxy) is 1. The first-order chi connectivity index (χ1) is 15.5. The quantitative estimate of drug-likeness (QED) is 0.394. The lowest BCUT2D eigenvalue weighted by atomic mass is 10.2. The summed E-state index contributed by atoms with van der Waals surface area (Å²) < 4.78 is 5.67. The van der Waals surface area contributed by atoms with Crippen molar-refractivity contribution in [1.82, 2.24) is 0 Å². The summed E-state index contributed by atoms with van der Waals surface area (Å²) in [6, 6.07) is 21.4. The number of nitrogens with one attached hydrogen (secondary N) is 1. The zero-order chi connectivity index (χ0) is 22.7. The molecule has 0 aromatic heterocycles. The summed E-state index contributed by atoms with van der Waals surface area (Å²) in [7, 11) is 0. The number of nitrogens with zero attached hydrogens (tertiary/aromatic N) is 1. The summed E-state index contributed by atoms with van der Waals surface area (Å²) in [6.45, 7) is 2.33. The van der Waals surface area contributed by atoms with Crippen LogP contribution in [0.3, 0.4) is 0 Å². The predicted molar refractivity (Wildman–Crippen MR) is 130 cm³/mol. The number of amides is 2. The number of hydrogen-bond donors (Lipinski definition) is 1. The van der Waals surface area contributed by atoms with Gasteiger partial charge in [-0.2, -0.15) is 0 Å². The summed E-state index contributed by atoms with van der Waals surface area (Å²) in [6.07, 6.45) is 0. The number of carbonyl (C=O) groups is 2. The van der Waals surface area contributed by atoms with Crippen molar-refractivity contribution in [3.63, 3.8) is 0 Å². The predicted octanol–water partition coefficient (Wildman–Crippen LogP) is 6.38. The Morgan fingerprint density at radius 3 is 2.38 bits per heavy atom. The lowest BCUT2D eigenvalue weighted by Crippen LogP contribution is -2.32. The third kappa shape index (κ3) is 4.35. The van der Waals surface area contributed by atoms with Crippen LogP contribution < -0.4 is 15.0 Å². The molecule has 1 heterocycles. The molecule has 3 aromatic rings. The van der Waals surface area contributed by atoms with E-state index in [1.807, 2.05) is 49.4 Å². The standard InChI is InChI=1S/C24H18Cl2N2O3S/c1-2-31-19-14-7-6-12-17(19)27-21-22(32-15-9-4-3-5-10-15)24(30)28(23(21)29)18-13-8-11-16(25)20(18)26/h3-14,27H,2H2,1H3. The number of anilines is 2. The van der Waals surface area contributed by atoms with Crippen LogP contribution in [0.1, 0.15) is 6.92 Å². The largest absolute Gasteiger partial charge is 0.492 e. The van der Waals surface area contributed by atoms with Gasteiger partial charge in [0.05, 0.1) is 28.0 Å². The average molecular weight is 485 g/mol. The lowest BCUT2D eigenvalue weighted by Gasteiger charge is -2.17. The maximum Gasteiger partial charge on any atom is 0.283 e. The maximum atomic E-state index is 13.5. The molecule has 0 fully saturated rings. The van der Waals surface area contributed by atoms with Gasteiger partial charge in [-0.3, -0.25) is 9.59 Å². The molecule has 0 spiro atoms. The summed E-state index contributed by atoms with van der Waals surface area (Å²) in [5.74, 6) is -0.431. The summed E-state index contributed by atoms with van der Waals surface area (Å²) >= 11 is 13.7. The fourth-order valence-corrected chi connectivity index (χ4v) is 4.52. The van der Waals surface area contributed by atoms with Crippen LogP contribution in [-0.4, -0.2) is 18.4 Å². The molecule has 2 amide bonds. The Labute approximate surface area is 200 Å². The first-order valence-electron chi connectivity index (χ1n) is 9.80. The molecule has 4 rings (SSSR count). The van der Waals surface area contributed by atoms with Crippen molar-refractivity contribution >= 4 is 58.2 Å². The zero-order valence-corrected chi connectivity index (χ0v) is 19.3. The van der Waals surface area contributed by atoms with Gasteiger partial charge in [0.1, 0.15) is 16.4 Å². The second kappa shape index (κ2) is 9.69. The molecule has 0 aliphatic carbocycles. The highest BCUT2D eigenvalue weighted by atomic mass is 35.5. The number of halogens is 2. The Hall–Kier alpha value is -2.93. The van der Waals surface area contributed by atoms with Crippen molar-refractivity contribution in [2.24, 2.45) is 0 Å². The van der Waals surface area contributed by atoms with Gasteiger partial charge in [-0.15, -0.1) is 0 Å². The van der Waals surface area contributed by atoms with Crippen LogP contribution in [0.25, 0.3) is 0 Å². The molecule has 162 valence electrons. The van der Waals surface area contributed by atoms with Crippen LogP contribution in [0.5, 0.6) is 5.75 Å². The number of hydrogen-bond acceptors (Lipinski definition) is 5. The molecular weight excluding hydrogens is 467 g/mol. The fourth-order valence-electron chi connectivity index (χ4n) is 3.19. The van der Waals surface area contributed by atoms with Gasteiger partial charge in [0.15, 0.2) is 0 Å². The Balaban J connectivity index is 1.79. The average Bonchev–Trinajstić information content (AvgIpc) is 3.02. The number of para-hydroxylation sites is 2. The minimum Gasteiger partial charge on any atom is -0.492 e. The molecule has 0 unspecified atom stereocenters. The lowest BCUT2D eigenvalue weighted by molar-refractivity contribution is -0.120. The van der Waals surface area contributed by atoms with Gasteiger partial charge in [-0.25, -0.2) is 4.90 Å². The highest BCUT2D eigenvalue weighted by Crippen LogP contribution is 2.41. The van der Waals surface area contributed by atoms with Crippen molar-refractivity contribution < 1.29 is 14.3 Å². The van der Waals surface area contributed by atoms with E-state index >= 15 is 0 Å². The van der Waals surface area contributed by atoms with Crippen LogP contribution >= 0.6 is 35.0 Å². The number of thioether (sulfide) groups is 1. The van der Waals surface area contributed by atoms with E-state index in [-0.39, 0.29) is 26.3 Å². The molecule has 0 radical (unpaired) electrons. The van der Waals surface area contributed by atoms with Gasteiger partial charge < -0.3 is 10.1 Å². The van der Waals surface area contributed by atoms with Crippen LogP contribution in [0.15, 0.2) is 88.3 Å². The Morgan fingerprint density at radius 2 is 1.62 bits per heavy atom. The molecule has 0 saturated heterocycles. The molecule has 8 heteroatoms. The van der Waals surface area contributed by atoms with Crippen LogP contribution in [0, 0.1) is 0 Å². The Kier molecular flexibility index (Phi) is 6.74. The van der Waals surface area contributed by atoms with E-state index in [0.29, 0.717) is 18.0 Å². The van der Waals surface area contributed by atoms with E-state index in [9.17, 15) is 9.59 Å². The van der Waals surface area contributed by atoms with Gasteiger partial charge in [0, 0.05) is 4.90 Å². The SMILES string of the molecule is CCOc1ccccc1NC1=C(Sc2ccccc2)C(=O)N(c2cccc(Cl)c2Cl)C1=O. The van der Waals surface area contributed by atoms with E-state index in [0.717, 1.165) is 9.80 Å². The number of carbonyl (C=O) groups excluding carboxylic acids is 2. The molecule has 3 aromatic carbocycles. The summed E-state index contributed by atoms with van der Waals surface area (Å²) in [5.41, 5.74) is 0.956. The number of rotatable bonds is 7. The van der Waals surface area contributed by atoms with Crippen molar-refractivity contribution in [2.45, 2.75) is 11.8 Å². The molecule has 5 nitrogen and oxygen atoms in total. The molecule has 32 heavy (non-hydrogen) atoms. The van der Waals surface area contributed by atoms with Crippen LogP contribution in [0.4, 0.5) is 11.4 Å². The molecule has 0 atom stereocenters. The minimum absolute atomic E-state index is 0.135. The highest BCUT2D eigenvalue weighted by Gasteiger charge is 2.41. The van der Waals surface area contributed by atoms with Gasteiger partial charge in [-0.1, -0.05) is 71.4 Å². The normalized spacial score (nSPS) is 13.7. The summed E-state index contributed by atoms with van der Waals surface area (Å²) in [4.78, 5) is 29.1. The topological polar surface area (TPSA) is 58.6 Å². The second-order valence-corrected chi connectivity index (χ2v) is 8.56. The van der Waals surface area contributed by atoms with Crippen LogP contribution in [-0.2, 0) is 9.59 Å². The van der Waals surface area contributed by atoms with E-state index in [1.54, 1.807) is 30.3 Å². The van der Waals surface area contributed by atoms with Gasteiger partial charge in [0.25, 0.3) is 11.8 Å². The molecule has 1 aliphatic rings. The van der Waals surface area contributed by atoms with Crippen molar-refractivity contribution in [2.75, 3.05) is 16.8 Å².